The first-order valence-corrected chi connectivity index (χ1v) is 9.21. The van der Waals surface area contributed by atoms with Crippen molar-refractivity contribution in [3.8, 4) is 0 Å². The zero-order chi connectivity index (χ0) is 22.2. The molecule has 5 nitrogen and oxygen atoms in total. The zero-order valence-corrected chi connectivity index (χ0v) is 16.0. The maximum absolute atomic E-state index is 13.2. The second kappa shape index (κ2) is 8.05. The molecule has 0 saturated carbocycles. The van der Waals surface area contributed by atoms with Crippen molar-refractivity contribution in [2.75, 3.05) is 18.1 Å². The molecule has 29 heavy (non-hydrogen) atoms. The van der Waals surface area contributed by atoms with Gasteiger partial charge in [0.15, 0.2) is 6.61 Å². The lowest BCUT2D eigenvalue weighted by atomic mass is 9.92. The molecule has 1 aliphatic rings. The van der Waals surface area contributed by atoms with E-state index in [1.54, 1.807) is 6.92 Å². The fourth-order valence-electron chi connectivity index (χ4n) is 2.75. The highest BCUT2D eigenvalue weighted by molar-refractivity contribution is 8.00. The van der Waals surface area contributed by atoms with Gasteiger partial charge in [-0.1, -0.05) is 13.0 Å². The van der Waals surface area contributed by atoms with E-state index in [-0.39, 0.29) is 22.4 Å². The van der Waals surface area contributed by atoms with Crippen LogP contribution in [-0.2, 0) is 19.9 Å². The van der Waals surface area contributed by atoms with E-state index in [9.17, 15) is 41.0 Å². The molecule has 0 radical (unpaired) electrons. The number of nitrogens with zero attached hydrogens (tertiary/aromatic N) is 1. The number of halogens is 6. The number of anilines is 1. The van der Waals surface area contributed by atoms with Gasteiger partial charge in [0.1, 0.15) is 0 Å². The van der Waals surface area contributed by atoms with Crippen molar-refractivity contribution in [3.05, 3.63) is 23.8 Å². The Morgan fingerprint density at radius 3 is 2.28 bits per heavy atom. The Balaban J connectivity index is 2.52. The number of ether oxygens (including phenoxy) is 1. The quantitative estimate of drug-likeness (QED) is 0.565. The minimum Gasteiger partial charge on any atom is -0.456 e. The number of alkyl halides is 6. The molecule has 1 amide bonds. The number of thioether (sulfide) groups is 1. The Morgan fingerprint density at radius 2 is 1.79 bits per heavy atom. The lowest BCUT2D eigenvalue weighted by molar-refractivity contribution is -0.376. The van der Waals surface area contributed by atoms with E-state index in [0.717, 1.165) is 29.7 Å². The van der Waals surface area contributed by atoms with E-state index in [0.29, 0.717) is 18.6 Å². The first-order valence-electron chi connectivity index (χ1n) is 8.33. The third-order valence-corrected chi connectivity index (χ3v) is 5.72. The number of carbonyl (C=O) groups excluding carboxylic acids is 2. The topological polar surface area (TPSA) is 66.8 Å². The molecule has 162 valence electrons. The molecule has 0 spiro atoms. The Labute approximate surface area is 166 Å². The van der Waals surface area contributed by atoms with E-state index in [1.807, 2.05) is 0 Å². The molecule has 0 aliphatic carbocycles. The van der Waals surface area contributed by atoms with Crippen molar-refractivity contribution < 1.29 is 45.8 Å². The normalized spacial score (nSPS) is 17.7. The van der Waals surface area contributed by atoms with Gasteiger partial charge in [0, 0.05) is 29.2 Å². The van der Waals surface area contributed by atoms with Crippen molar-refractivity contribution >= 4 is 29.3 Å². The predicted molar refractivity (Wildman–Crippen MR) is 91.4 cm³/mol. The van der Waals surface area contributed by atoms with Gasteiger partial charge in [-0.3, -0.25) is 9.59 Å². The zero-order valence-electron chi connectivity index (χ0n) is 15.2. The van der Waals surface area contributed by atoms with E-state index >= 15 is 0 Å². The molecule has 2 rings (SSSR count). The van der Waals surface area contributed by atoms with Crippen molar-refractivity contribution in [1.82, 2.24) is 0 Å². The van der Waals surface area contributed by atoms with Crippen LogP contribution < -0.4 is 4.90 Å². The highest BCUT2D eigenvalue weighted by Crippen LogP contribution is 2.52. The van der Waals surface area contributed by atoms with Gasteiger partial charge in [-0.2, -0.15) is 26.3 Å². The average Bonchev–Trinajstić information content (AvgIpc) is 2.61. The van der Waals surface area contributed by atoms with Crippen molar-refractivity contribution in [1.29, 1.82) is 0 Å². The molecule has 1 aliphatic heterocycles. The van der Waals surface area contributed by atoms with Gasteiger partial charge in [-0.05, 0) is 18.6 Å². The molecular formula is C17H17F6NO4S. The Bertz CT molecular complexity index is 781. The Hall–Kier alpha value is -1.95. The SMILES string of the molecule is CCC1CN(C(=O)COC(C)=O)c2ccc(C(O)(C(F)(F)F)C(F)(F)F)cc2S1. The summed E-state index contributed by atoms with van der Waals surface area (Å²) in [5.74, 6) is -1.39. The fourth-order valence-corrected chi connectivity index (χ4v) is 4.00. The monoisotopic (exact) mass is 445 g/mol. The number of hydrogen-bond donors (Lipinski definition) is 1. The summed E-state index contributed by atoms with van der Waals surface area (Å²) in [6.45, 7) is 2.34. The van der Waals surface area contributed by atoms with Gasteiger partial charge in [0.2, 0.25) is 0 Å². The lowest BCUT2D eigenvalue weighted by Gasteiger charge is -2.36. The smallest absolute Gasteiger partial charge is 0.430 e. The molecule has 1 unspecified atom stereocenters. The second-order valence-electron chi connectivity index (χ2n) is 6.32. The summed E-state index contributed by atoms with van der Waals surface area (Å²) < 4.78 is 83.5. The molecule has 1 aromatic carbocycles. The highest BCUT2D eigenvalue weighted by Gasteiger charge is 2.71. The molecule has 0 fully saturated rings. The van der Waals surface area contributed by atoms with Gasteiger partial charge in [0.25, 0.3) is 11.5 Å². The van der Waals surface area contributed by atoms with Crippen LogP contribution in [0.3, 0.4) is 0 Å². The van der Waals surface area contributed by atoms with Gasteiger partial charge in [0.05, 0.1) is 5.69 Å². The van der Waals surface area contributed by atoms with Crippen LogP contribution in [0.15, 0.2) is 23.1 Å². The number of fused-ring (bicyclic) bond motifs is 1. The molecule has 0 bridgehead atoms. The van der Waals surface area contributed by atoms with Crippen LogP contribution in [0.2, 0.25) is 0 Å². The molecule has 12 heteroatoms. The maximum Gasteiger partial charge on any atom is 0.430 e. The van der Waals surface area contributed by atoms with Crippen molar-refractivity contribution in [2.24, 2.45) is 0 Å². The van der Waals surface area contributed by atoms with Crippen LogP contribution in [0.5, 0.6) is 0 Å². The Kier molecular flexibility index (Phi) is 6.48. The first-order chi connectivity index (χ1) is 13.2. The van der Waals surface area contributed by atoms with Gasteiger partial charge in [-0.15, -0.1) is 11.8 Å². The maximum atomic E-state index is 13.2. The van der Waals surface area contributed by atoms with Gasteiger partial charge in [-0.25, -0.2) is 0 Å². The molecule has 0 saturated heterocycles. The molecule has 1 aromatic rings. The predicted octanol–water partition coefficient (Wildman–Crippen LogP) is 3.78. The van der Waals surface area contributed by atoms with Crippen LogP contribution in [0, 0.1) is 0 Å². The van der Waals surface area contributed by atoms with E-state index in [4.69, 9.17) is 0 Å². The first kappa shape index (κ1) is 23.3. The van der Waals surface area contributed by atoms with Crippen molar-refractivity contribution in [2.45, 2.75) is 48.4 Å². The van der Waals surface area contributed by atoms with Crippen LogP contribution in [0.1, 0.15) is 25.8 Å². The van der Waals surface area contributed by atoms with E-state index < -0.39 is 42.0 Å². The third-order valence-electron chi connectivity index (χ3n) is 4.32. The second-order valence-corrected chi connectivity index (χ2v) is 7.66. The standard InChI is InChI=1S/C17H17F6NO4S/c1-3-11-7-24(14(26)8-28-9(2)25)12-5-4-10(6-13(12)29-11)15(27,16(18,19)20)17(21,22)23/h4-6,11,27H,3,7-8H2,1-2H3. The number of esters is 1. The average molecular weight is 445 g/mol. The summed E-state index contributed by atoms with van der Waals surface area (Å²) in [6, 6.07) is 1.99. The number of aliphatic hydroxyl groups is 1. The lowest BCUT2D eigenvalue weighted by Crippen LogP contribution is -2.54. The molecule has 1 N–H and O–H groups in total. The number of carbonyl (C=O) groups is 2. The molecule has 1 heterocycles. The molecule has 1 atom stereocenters. The third kappa shape index (κ3) is 4.47. The fraction of sp³-hybridized carbons (Fsp3) is 0.529. The number of rotatable bonds is 4. The number of benzene rings is 1. The summed E-state index contributed by atoms with van der Waals surface area (Å²) in [5.41, 5.74) is -6.37. The van der Waals surface area contributed by atoms with Gasteiger partial charge >= 0.3 is 18.3 Å². The number of amides is 1. The van der Waals surface area contributed by atoms with Crippen LogP contribution >= 0.6 is 11.8 Å². The van der Waals surface area contributed by atoms with Crippen LogP contribution in [-0.4, -0.2) is 47.7 Å². The minimum atomic E-state index is -6.01. The van der Waals surface area contributed by atoms with Crippen LogP contribution in [0.4, 0.5) is 32.0 Å². The summed E-state index contributed by atoms with van der Waals surface area (Å²) in [4.78, 5) is 24.4. The summed E-state index contributed by atoms with van der Waals surface area (Å²) in [6.07, 6.45) is -11.5. The van der Waals surface area contributed by atoms with E-state index in [1.165, 1.54) is 0 Å². The van der Waals surface area contributed by atoms with E-state index in [2.05, 4.69) is 4.74 Å². The highest BCUT2D eigenvalue weighted by atomic mass is 32.2. The molecular weight excluding hydrogens is 428 g/mol. The van der Waals surface area contributed by atoms with Crippen LogP contribution in [0.25, 0.3) is 0 Å². The molecule has 0 aromatic heterocycles. The summed E-state index contributed by atoms with van der Waals surface area (Å²) in [7, 11) is 0. The minimum absolute atomic E-state index is 0.0244. The van der Waals surface area contributed by atoms with Gasteiger partial charge < -0.3 is 14.7 Å². The van der Waals surface area contributed by atoms with Crippen molar-refractivity contribution in [3.63, 3.8) is 0 Å². The summed E-state index contributed by atoms with van der Waals surface area (Å²) >= 11 is 1.01. The number of hydrogen-bond acceptors (Lipinski definition) is 5. The summed E-state index contributed by atoms with van der Waals surface area (Å²) in [5, 5.41) is 9.29. The largest absolute Gasteiger partial charge is 0.456 e. The Morgan fingerprint density at radius 1 is 1.21 bits per heavy atom.